The van der Waals surface area contributed by atoms with Crippen LogP contribution in [0.15, 0.2) is 82.2 Å². The number of rotatable bonds is 15. The SMILES string of the molecule is C\C=C/C(C)=C(Nc1ccc(C(=O)NCCCCCCC2C=NC=CC2)c(CC)c1)\C(C)=N\C=C(/C)c1ccc(C)c(F)c1F. The second-order valence-corrected chi connectivity index (χ2v) is 11.6. The molecule has 45 heavy (non-hydrogen) atoms. The van der Waals surface area contributed by atoms with Crippen LogP contribution in [-0.4, -0.2) is 24.4 Å². The molecule has 2 N–H and O–H groups in total. The van der Waals surface area contributed by atoms with E-state index in [-0.39, 0.29) is 17.0 Å². The van der Waals surface area contributed by atoms with Crippen molar-refractivity contribution in [1.29, 1.82) is 0 Å². The monoisotopic (exact) mass is 614 g/mol. The van der Waals surface area contributed by atoms with Crippen molar-refractivity contribution in [2.24, 2.45) is 15.9 Å². The summed E-state index contributed by atoms with van der Waals surface area (Å²) in [6.45, 7) is 11.7. The largest absolute Gasteiger partial charge is 0.354 e. The number of carbonyl (C=O) groups is 1. The Morgan fingerprint density at radius 1 is 1.04 bits per heavy atom. The molecule has 0 fully saturated rings. The van der Waals surface area contributed by atoms with Crippen molar-refractivity contribution in [2.45, 2.75) is 86.5 Å². The van der Waals surface area contributed by atoms with E-state index in [4.69, 9.17) is 0 Å². The van der Waals surface area contributed by atoms with Gasteiger partial charge in [-0.1, -0.05) is 56.5 Å². The molecule has 0 aliphatic carbocycles. The highest BCUT2D eigenvalue weighted by molar-refractivity contribution is 6.02. The fourth-order valence-corrected chi connectivity index (χ4v) is 5.32. The van der Waals surface area contributed by atoms with Crippen LogP contribution < -0.4 is 10.6 Å². The number of anilines is 1. The molecule has 2 aromatic rings. The maximum atomic E-state index is 14.5. The Bertz CT molecular complexity index is 1510. The van der Waals surface area contributed by atoms with Crippen molar-refractivity contribution in [3.05, 3.63) is 106 Å². The maximum absolute atomic E-state index is 14.5. The summed E-state index contributed by atoms with van der Waals surface area (Å²) in [5.41, 5.74) is 5.86. The molecule has 240 valence electrons. The number of allylic oxidation sites excluding steroid dienone is 6. The van der Waals surface area contributed by atoms with Gasteiger partial charge in [-0.05, 0) is 107 Å². The highest BCUT2D eigenvalue weighted by atomic mass is 19.2. The molecule has 0 aromatic heterocycles. The van der Waals surface area contributed by atoms with Gasteiger partial charge in [0.15, 0.2) is 11.6 Å². The van der Waals surface area contributed by atoms with Crippen molar-refractivity contribution in [3.63, 3.8) is 0 Å². The molecule has 1 amide bonds. The molecule has 1 heterocycles. The molecule has 0 spiro atoms. The van der Waals surface area contributed by atoms with Crippen molar-refractivity contribution >= 4 is 29.1 Å². The zero-order valence-corrected chi connectivity index (χ0v) is 27.6. The van der Waals surface area contributed by atoms with Crippen molar-refractivity contribution in [3.8, 4) is 0 Å². The number of nitrogens with zero attached hydrogens (tertiary/aromatic N) is 2. The fraction of sp³-hybridized carbons (Fsp3) is 0.395. The molecule has 0 radical (unpaired) electrons. The Hall–Kier alpha value is -4.13. The molecule has 1 aliphatic rings. The summed E-state index contributed by atoms with van der Waals surface area (Å²) in [4.78, 5) is 21.9. The average Bonchev–Trinajstić information content (AvgIpc) is 3.04. The lowest BCUT2D eigenvalue weighted by atomic mass is 9.97. The van der Waals surface area contributed by atoms with Gasteiger partial charge < -0.3 is 10.6 Å². The molecule has 1 atom stereocenters. The third-order valence-electron chi connectivity index (χ3n) is 8.04. The minimum atomic E-state index is -0.870. The van der Waals surface area contributed by atoms with E-state index in [1.165, 1.54) is 19.8 Å². The van der Waals surface area contributed by atoms with Crippen molar-refractivity contribution in [1.82, 2.24) is 5.32 Å². The quantitative estimate of drug-likeness (QED) is 0.119. The van der Waals surface area contributed by atoms with Gasteiger partial charge in [-0.15, -0.1) is 0 Å². The number of halogens is 2. The van der Waals surface area contributed by atoms with E-state index in [1.54, 1.807) is 25.3 Å². The third-order valence-corrected chi connectivity index (χ3v) is 8.04. The summed E-state index contributed by atoms with van der Waals surface area (Å²) in [6.07, 6.45) is 18.9. The molecule has 3 rings (SSSR count). The number of aryl methyl sites for hydroxylation is 2. The van der Waals surface area contributed by atoms with Gasteiger partial charge in [0.1, 0.15) is 0 Å². The van der Waals surface area contributed by atoms with Gasteiger partial charge in [0, 0.05) is 42.0 Å². The lowest BCUT2D eigenvalue weighted by molar-refractivity contribution is 0.0952. The first-order valence-corrected chi connectivity index (χ1v) is 16.0. The minimum absolute atomic E-state index is 0.0532. The smallest absolute Gasteiger partial charge is 0.251 e. The van der Waals surface area contributed by atoms with Crippen LogP contribution >= 0.6 is 0 Å². The Morgan fingerprint density at radius 2 is 1.80 bits per heavy atom. The van der Waals surface area contributed by atoms with Crippen LogP contribution in [0.25, 0.3) is 5.57 Å². The van der Waals surface area contributed by atoms with Gasteiger partial charge in [-0.3, -0.25) is 14.8 Å². The maximum Gasteiger partial charge on any atom is 0.251 e. The first-order valence-electron chi connectivity index (χ1n) is 16.0. The van der Waals surface area contributed by atoms with Crippen LogP contribution in [0.5, 0.6) is 0 Å². The van der Waals surface area contributed by atoms with Gasteiger partial charge >= 0.3 is 0 Å². The standard InChI is InChI=1S/C38H48F2N4O/c1-7-14-27(4)37(29(6)43-24-28(5)33-19-17-26(3)35(39)36(33)40)44-32-18-20-34(31(8-2)23-32)38(45)42-22-12-10-9-11-15-30-16-13-21-41-25-30/h7,13-14,17-21,23-25,30,44H,8-12,15-16,22H2,1-6H3,(H,42,45)/b14-7-,28-24+,37-27+,43-29+. The zero-order chi connectivity index (χ0) is 32.8. The fourth-order valence-electron chi connectivity index (χ4n) is 5.32. The Labute approximate surface area is 268 Å². The summed E-state index contributed by atoms with van der Waals surface area (Å²) in [5, 5.41) is 6.58. The van der Waals surface area contributed by atoms with Crippen LogP contribution in [0.2, 0.25) is 0 Å². The molecule has 0 saturated carbocycles. The lowest BCUT2D eigenvalue weighted by Gasteiger charge is -2.16. The number of hydrogen-bond donors (Lipinski definition) is 2. The highest BCUT2D eigenvalue weighted by Crippen LogP contribution is 2.24. The molecular weight excluding hydrogens is 566 g/mol. The minimum Gasteiger partial charge on any atom is -0.354 e. The second-order valence-electron chi connectivity index (χ2n) is 11.6. The van der Waals surface area contributed by atoms with E-state index in [2.05, 4.69) is 32.9 Å². The summed E-state index contributed by atoms with van der Waals surface area (Å²) >= 11 is 0. The summed E-state index contributed by atoms with van der Waals surface area (Å²) in [5.74, 6) is -1.20. The van der Waals surface area contributed by atoms with Crippen LogP contribution in [-0.2, 0) is 6.42 Å². The van der Waals surface area contributed by atoms with Crippen LogP contribution in [0.4, 0.5) is 14.5 Å². The van der Waals surface area contributed by atoms with Crippen LogP contribution in [0.3, 0.4) is 0 Å². The van der Waals surface area contributed by atoms with Gasteiger partial charge in [0.05, 0.1) is 11.4 Å². The number of carbonyl (C=O) groups excluding carboxylic acids is 1. The van der Waals surface area contributed by atoms with Crippen LogP contribution in [0.1, 0.15) is 100 Å². The molecule has 2 aromatic carbocycles. The van der Waals surface area contributed by atoms with Crippen LogP contribution in [0, 0.1) is 24.5 Å². The van der Waals surface area contributed by atoms with E-state index in [0.717, 1.165) is 48.2 Å². The average molecular weight is 615 g/mol. The normalized spacial score (nSPS) is 15.9. The first kappa shape index (κ1) is 35.4. The number of amides is 1. The Balaban J connectivity index is 1.65. The third kappa shape index (κ3) is 10.5. The van der Waals surface area contributed by atoms with E-state index >= 15 is 0 Å². The Morgan fingerprint density at radius 3 is 2.51 bits per heavy atom. The first-order chi connectivity index (χ1) is 21.7. The van der Waals surface area contributed by atoms with Gasteiger partial charge in [0.2, 0.25) is 0 Å². The highest BCUT2D eigenvalue weighted by Gasteiger charge is 2.14. The molecular formula is C38H48F2N4O. The number of unbranched alkanes of at least 4 members (excludes halogenated alkanes) is 3. The number of aliphatic imine (C=N–C) groups is 2. The summed E-state index contributed by atoms with van der Waals surface area (Å²) in [7, 11) is 0. The number of benzene rings is 2. The summed E-state index contributed by atoms with van der Waals surface area (Å²) < 4.78 is 28.7. The van der Waals surface area contributed by atoms with E-state index < -0.39 is 11.6 Å². The zero-order valence-electron chi connectivity index (χ0n) is 27.6. The number of hydrogen-bond acceptors (Lipinski definition) is 4. The van der Waals surface area contributed by atoms with Gasteiger partial charge in [-0.2, -0.15) is 0 Å². The molecule has 5 nitrogen and oxygen atoms in total. The molecule has 1 aliphatic heterocycles. The molecule has 1 unspecified atom stereocenters. The van der Waals surface area contributed by atoms with E-state index in [1.807, 2.05) is 64.2 Å². The van der Waals surface area contributed by atoms with Gasteiger partial charge in [0.25, 0.3) is 5.91 Å². The van der Waals surface area contributed by atoms with E-state index in [9.17, 15) is 13.6 Å². The van der Waals surface area contributed by atoms with Gasteiger partial charge in [-0.25, -0.2) is 8.78 Å². The molecule has 0 bridgehead atoms. The predicted molar refractivity (Wildman–Crippen MR) is 186 cm³/mol. The predicted octanol–water partition coefficient (Wildman–Crippen LogP) is 9.90. The Kier molecular flexibility index (Phi) is 14.1. The van der Waals surface area contributed by atoms with E-state index in [0.29, 0.717) is 35.7 Å². The lowest BCUT2D eigenvalue weighted by Crippen LogP contribution is -2.25. The topological polar surface area (TPSA) is 65.8 Å². The molecule has 0 saturated heterocycles. The van der Waals surface area contributed by atoms with Crippen molar-refractivity contribution in [2.75, 3.05) is 11.9 Å². The summed E-state index contributed by atoms with van der Waals surface area (Å²) in [6, 6.07) is 8.90. The van der Waals surface area contributed by atoms with Crippen molar-refractivity contribution < 1.29 is 13.6 Å². The second kappa shape index (κ2) is 18.0. The molecule has 7 heteroatoms. The number of nitrogens with one attached hydrogen (secondary N) is 2.